The largest absolute Gasteiger partial charge is 0.340 e. The number of hydrogen-bond acceptors (Lipinski definition) is 4. The van der Waals surface area contributed by atoms with Gasteiger partial charge < -0.3 is 10.2 Å². The molecule has 6 nitrogen and oxygen atoms in total. The van der Waals surface area contributed by atoms with Crippen LogP contribution in [-0.2, 0) is 15.0 Å². The van der Waals surface area contributed by atoms with Crippen molar-refractivity contribution in [2.24, 2.45) is 0 Å². The number of hydrogen-bond donors (Lipinski definition) is 1. The Balaban J connectivity index is 1.47. The lowest BCUT2D eigenvalue weighted by Crippen LogP contribution is -2.52. The molecule has 27 heavy (non-hydrogen) atoms. The van der Waals surface area contributed by atoms with E-state index in [1.54, 1.807) is 17.0 Å². The van der Waals surface area contributed by atoms with Crippen LogP contribution >= 0.6 is 0 Å². The normalized spacial score (nSPS) is 18.3. The van der Waals surface area contributed by atoms with E-state index >= 15 is 0 Å². The molecule has 0 spiro atoms. The van der Waals surface area contributed by atoms with Crippen molar-refractivity contribution in [3.63, 3.8) is 0 Å². The number of carbonyl (C=O) groups is 3. The second kappa shape index (κ2) is 7.80. The van der Waals surface area contributed by atoms with Gasteiger partial charge in [-0.25, -0.2) is 0 Å². The molecule has 1 aromatic rings. The number of Topliss-reactive ketones (excluding diaryl/α,β-unsaturated/α-hetero) is 1. The molecule has 3 rings (SSSR count). The number of piperazine rings is 1. The van der Waals surface area contributed by atoms with Crippen LogP contribution in [0.4, 0.5) is 0 Å². The maximum Gasteiger partial charge on any atom is 0.292 e. The van der Waals surface area contributed by atoms with Crippen LogP contribution in [0.25, 0.3) is 0 Å². The van der Waals surface area contributed by atoms with Crippen LogP contribution in [0.5, 0.6) is 0 Å². The zero-order valence-corrected chi connectivity index (χ0v) is 16.5. The van der Waals surface area contributed by atoms with E-state index in [4.69, 9.17) is 0 Å². The molecule has 146 valence electrons. The molecular weight excluding hydrogens is 342 g/mol. The molecule has 0 bridgehead atoms. The van der Waals surface area contributed by atoms with Crippen molar-refractivity contribution < 1.29 is 14.4 Å². The number of carbonyl (C=O) groups excluding carboxylic acids is 3. The van der Waals surface area contributed by atoms with Crippen molar-refractivity contribution in [1.29, 1.82) is 0 Å². The Hall–Kier alpha value is -2.21. The van der Waals surface area contributed by atoms with E-state index in [0.717, 1.165) is 18.7 Å². The molecule has 2 amide bonds. The zero-order valence-electron chi connectivity index (χ0n) is 16.5. The first-order valence-corrected chi connectivity index (χ1v) is 9.70. The minimum Gasteiger partial charge on any atom is -0.340 e. The molecule has 0 aromatic heterocycles. The number of rotatable bonds is 5. The van der Waals surface area contributed by atoms with Gasteiger partial charge in [-0.15, -0.1) is 0 Å². The summed E-state index contributed by atoms with van der Waals surface area (Å²) in [4.78, 5) is 40.9. The molecule has 2 aliphatic rings. The quantitative estimate of drug-likeness (QED) is 0.630. The predicted molar refractivity (Wildman–Crippen MR) is 104 cm³/mol. The molecule has 1 N–H and O–H groups in total. The average molecular weight is 371 g/mol. The van der Waals surface area contributed by atoms with Gasteiger partial charge in [0.25, 0.3) is 5.91 Å². The van der Waals surface area contributed by atoms with Crippen LogP contribution < -0.4 is 5.32 Å². The van der Waals surface area contributed by atoms with Gasteiger partial charge in [-0.2, -0.15) is 0 Å². The topological polar surface area (TPSA) is 69.7 Å². The molecule has 1 heterocycles. The summed E-state index contributed by atoms with van der Waals surface area (Å²) < 4.78 is 0. The number of ketones is 1. The first kappa shape index (κ1) is 19.5. The minimum absolute atomic E-state index is 0.0141. The Kier molecular flexibility index (Phi) is 5.65. The van der Waals surface area contributed by atoms with Gasteiger partial charge in [-0.05, 0) is 23.8 Å². The fraction of sp³-hybridized carbons (Fsp3) is 0.571. The Labute approximate surface area is 160 Å². The van der Waals surface area contributed by atoms with Crippen LogP contribution in [0.1, 0.15) is 49.5 Å². The molecule has 0 unspecified atom stereocenters. The molecule has 1 aliphatic carbocycles. The van der Waals surface area contributed by atoms with Gasteiger partial charge in [0, 0.05) is 37.8 Å². The Morgan fingerprint density at radius 2 is 1.59 bits per heavy atom. The lowest BCUT2D eigenvalue weighted by molar-refractivity contribution is -0.133. The molecule has 6 heteroatoms. The van der Waals surface area contributed by atoms with Crippen molar-refractivity contribution in [3.05, 3.63) is 35.4 Å². The summed E-state index contributed by atoms with van der Waals surface area (Å²) in [5.41, 5.74) is 1.42. The Bertz CT molecular complexity index is 709. The predicted octanol–water partition coefficient (Wildman–Crippen LogP) is 1.59. The van der Waals surface area contributed by atoms with Crippen molar-refractivity contribution in [3.8, 4) is 0 Å². The van der Waals surface area contributed by atoms with Crippen molar-refractivity contribution in [1.82, 2.24) is 15.1 Å². The lowest BCUT2D eigenvalue weighted by atomic mass is 9.86. The van der Waals surface area contributed by atoms with E-state index in [-0.39, 0.29) is 17.9 Å². The SMILES string of the molecule is CC(C)(C)c1ccc(C(=O)C(=O)NCC(=O)N2CCN(C3CC3)CC2)cc1. The number of nitrogens with zero attached hydrogens (tertiary/aromatic N) is 2. The van der Waals surface area contributed by atoms with Crippen LogP contribution in [0.2, 0.25) is 0 Å². The summed E-state index contributed by atoms with van der Waals surface area (Å²) in [6.45, 7) is 9.30. The fourth-order valence-electron chi connectivity index (χ4n) is 3.38. The van der Waals surface area contributed by atoms with Gasteiger partial charge in [-0.3, -0.25) is 19.3 Å². The van der Waals surface area contributed by atoms with E-state index in [1.807, 2.05) is 12.1 Å². The molecule has 1 saturated heterocycles. The van der Waals surface area contributed by atoms with E-state index in [0.29, 0.717) is 24.7 Å². The van der Waals surface area contributed by atoms with Crippen LogP contribution in [0.15, 0.2) is 24.3 Å². The first-order valence-electron chi connectivity index (χ1n) is 9.70. The van der Waals surface area contributed by atoms with Crippen LogP contribution in [0.3, 0.4) is 0 Å². The van der Waals surface area contributed by atoms with Crippen molar-refractivity contribution in [2.45, 2.75) is 45.1 Å². The van der Waals surface area contributed by atoms with E-state index in [2.05, 4.69) is 31.0 Å². The highest BCUT2D eigenvalue weighted by Crippen LogP contribution is 2.27. The Morgan fingerprint density at radius 3 is 2.11 bits per heavy atom. The molecule has 1 aromatic carbocycles. The third kappa shape index (κ3) is 4.95. The van der Waals surface area contributed by atoms with E-state index in [1.165, 1.54) is 12.8 Å². The molecule has 0 atom stereocenters. The van der Waals surface area contributed by atoms with Crippen molar-refractivity contribution >= 4 is 17.6 Å². The molecule has 2 fully saturated rings. The van der Waals surface area contributed by atoms with Crippen molar-refractivity contribution in [2.75, 3.05) is 32.7 Å². The third-order valence-electron chi connectivity index (χ3n) is 5.35. The van der Waals surface area contributed by atoms with Gasteiger partial charge in [0.15, 0.2) is 0 Å². The third-order valence-corrected chi connectivity index (χ3v) is 5.35. The second-order valence-electron chi connectivity index (χ2n) is 8.49. The van der Waals surface area contributed by atoms with Gasteiger partial charge in [0.2, 0.25) is 11.7 Å². The lowest BCUT2D eigenvalue weighted by Gasteiger charge is -2.34. The average Bonchev–Trinajstić information content (AvgIpc) is 3.50. The summed E-state index contributed by atoms with van der Waals surface area (Å²) in [5.74, 6) is -1.47. The van der Waals surface area contributed by atoms with E-state index in [9.17, 15) is 14.4 Å². The fourth-order valence-corrected chi connectivity index (χ4v) is 3.38. The number of benzene rings is 1. The summed E-state index contributed by atoms with van der Waals surface area (Å²) in [5, 5.41) is 2.48. The number of nitrogens with one attached hydrogen (secondary N) is 1. The highest BCUT2D eigenvalue weighted by molar-refractivity contribution is 6.43. The molecule has 0 radical (unpaired) electrons. The van der Waals surface area contributed by atoms with Gasteiger partial charge in [-0.1, -0.05) is 45.0 Å². The summed E-state index contributed by atoms with van der Waals surface area (Å²) in [6, 6.07) is 7.78. The van der Waals surface area contributed by atoms with Gasteiger partial charge >= 0.3 is 0 Å². The summed E-state index contributed by atoms with van der Waals surface area (Å²) >= 11 is 0. The van der Waals surface area contributed by atoms with Crippen LogP contribution in [0, 0.1) is 0 Å². The maximum atomic E-state index is 12.3. The monoisotopic (exact) mass is 371 g/mol. The standard InChI is InChI=1S/C21H29N3O3/c1-21(2,3)16-6-4-15(5-7-16)19(26)20(27)22-14-18(25)24-12-10-23(11-13-24)17-8-9-17/h4-7,17H,8-14H2,1-3H3,(H,22,27). The van der Waals surface area contributed by atoms with E-state index < -0.39 is 11.7 Å². The minimum atomic E-state index is -0.733. The molecule has 1 aliphatic heterocycles. The highest BCUT2D eigenvalue weighted by atomic mass is 16.2. The Morgan fingerprint density at radius 1 is 1.00 bits per heavy atom. The smallest absolute Gasteiger partial charge is 0.292 e. The number of amides is 2. The van der Waals surface area contributed by atoms with Crippen LogP contribution in [-0.4, -0.2) is 66.2 Å². The second-order valence-corrected chi connectivity index (χ2v) is 8.49. The summed E-state index contributed by atoms with van der Waals surface area (Å²) in [7, 11) is 0. The summed E-state index contributed by atoms with van der Waals surface area (Å²) in [6.07, 6.45) is 2.53. The zero-order chi connectivity index (χ0) is 19.6. The maximum absolute atomic E-state index is 12.3. The molecular formula is C21H29N3O3. The van der Waals surface area contributed by atoms with Gasteiger partial charge in [0.1, 0.15) is 0 Å². The first-order chi connectivity index (χ1) is 12.8. The highest BCUT2D eigenvalue weighted by Gasteiger charge is 2.32. The van der Waals surface area contributed by atoms with Gasteiger partial charge in [0.05, 0.1) is 6.54 Å². The molecule has 1 saturated carbocycles.